The Morgan fingerprint density at radius 3 is 2.70 bits per heavy atom. The number of aromatic nitrogens is 2. The van der Waals surface area contributed by atoms with Crippen LogP contribution in [0.4, 0.5) is 10.1 Å². The maximum absolute atomic E-state index is 13.6. The molecule has 2 heterocycles. The molecule has 0 saturated heterocycles. The Bertz CT molecular complexity index is 966. The minimum absolute atomic E-state index is 0.302. The molecule has 2 aromatic carbocycles. The predicted octanol–water partition coefficient (Wildman–Crippen LogP) is 4.68. The topological polar surface area (TPSA) is 46.9 Å². The summed E-state index contributed by atoms with van der Waals surface area (Å²) in [6, 6.07) is 13.9. The molecule has 0 unspecified atom stereocenters. The zero-order chi connectivity index (χ0) is 18.6. The molecule has 5 heteroatoms. The number of amides is 1. The number of imidazole rings is 1. The number of benzene rings is 2. The Labute approximate surface area is 157 Å². The molecule has 0 aliphatic carbocycles. The first-order valence-electron chi connectivity index (χ1n) is 9.09. The number of aryl methyl sites for hydroxylation is 2. The Kier molecular flexibility index (Phi) is 4.83. The van der Waals surface area contributed by atoms with Crippen LogP contribution in [0.25, 0.3) is 17.3 Å². The van der Waals surface area contributed by atoms with Crippen LogP contribution >= 0.6 is 0 Å². The third-order valence-corrected chi connectivity index (χ3v) is 4.68. The predicted molar refractivity (Wildman–Crippen MR) is 105 cm³/mol. The van der Waals surface area contributed by atoms with Gasteiger partial charge in [-0.15, -0.1) is 0 Å². The molecule has 0 spiro atoms. The summed E-state index contributed by atoms with van der Waals surface area (Å²) in [5.74, 6) is 0.490. The van der Waals surface area contributed by atoms with Gasteiger partial charge in [0.25, 0.3) is 0 Å². The van der Waals surface area contributed by atoms with E-state index in [0.29, 0.717) is 11.3 Å². The van der Waals surface area contributed by atoms with E-state index >= 15 is 0 Å². The van der Waals surface area contributed by atoms with Crippen LogP contribution in [0, 0.1) is 5.82 Å². The molecule has 1 aromatic heterocycles. The summed E-state index contributed by atoms with van der Waals surface area (Å²) in [7, 11) is 0. The van der Waals surface area contributed by atoms with Crippen molar-refractivity contribution in [3.63, 3.8) is 0 Å². The van der Waals surface area contributed by atoms with Crippen LogP contribution in [-0.2, 0) is 17.8 Å². The number of anilines is 1. The van der Waals surface area contributed by atoms with Gasteiger partial charge >= 0.3 is 0 Å². The Balaban J connectivity index is 1.42. The lowest BCUT2D eigenvalue weighted by Crippen LogP contribution is -2.08. The maximum atomic E-state index is 13.6. The van der Waals surface area contributed by atoms with E-state index in [0.717, 1.165) is 30.0 Å². The highest BCUT2D eigenvalue weighted by molar-refractivity contribution is 6.02. The minimum Gasteiger partial charge on any atom is -0.334 e. The average molecular weight is 361 g/mol. The smallest absolute Gasteiger partial charge is 0.248 e. The Morgan fingerprint density at radius 2 is 1.93 bits per heavy atom. The monoisotopic (exact) mass is 361 g/mol. The van der Waals surface area contributed by atoms with E-state index in [9.17, 15) is 9.18 Å². The molecule has 0 fully saturated rings. The lowest BCUT2D eigenvalue weighted by atomic mass is 10.1. The lowest BCUT2D eigenvalue weighted by molar-refractivity contribution is -0.111. The first kappa shape index (κ1) is 17.2. The van der Waals surface area contributed by atoms with Crippen molar-refractivity contribution in [2.75, 3.05) is 5.32 Å². The van der Waals surface area contributed by atoms with E-state index in [4.69, 9.17) is 4.98 Å². The zero-order valence-corrected chi connectivity index (χ0v) is 14.9. The zero-order valence-electron chi connectivity index (χ0n) is 14.9. The van der Waals surface area contributed by atoms with Crippen molar-refractivity contribution in [1.29, 1.82) is 0 Å². The van der Waals surface area contributed by atoms with Crippen molar-refractivity contribution in [3.8, 4) is 11.3 Å². The van der Waals surface area contributed by atoms with Crippen LogP contribution in [-0.4, -0.2) is 15.5 Å². The van der Waals surface area contributed by atoms with Crippen LogP contribution < -0.4 is 5.32 Å². The molecule has 0 radical (unpaired) electrons. The normalized spacial score (nSPS) is 13.5. The van der Waals surface area contributed by atoms with Gasteiger partial charge in [0.05, 0.1) is 5.69 Å². The van der Waals surface area contributed by atoms with Crippen LogP contribution in [0.2, 0.25) is 0 Å². The summed E-state index contributed by atoms with van der Waals surface area (Å²) in [6.45, 7) is 1.03. The number of fused-ring (bicyclic) bond motifs is 1. The van der Waals surface area contributed by atoms with E-state index in [-0.39, 0.29) is 11.7 Å². The van der Waals surface area contributed by atoms with Gasteiger partial charge in [-0.2, -0.15) is 0 Å². The second-order valence-electron chi connectivity index (χ2n) is 6.61. The van der Waals surface area contributed by atoms with Gasteiger partial charge in [0.1, 0.15) is 11.6 Å². The fourth-order valence-electron chi connectivity index (χ4n) is 3.24. The highest BCUT2D eigenvalue weighted by atomic mass is 19.1. The number of halogens is 1. The standard InChI is InChI=1S/C22H20FN3O/c23-19-6-2-1-5-16(19)10-13-22(27)24-18-11-8-17(9-12-18)20-15-26-14-4-3-7-21(26)25-20/h1-2,5-6,8-13,15H,3-4,7,14H2,(H,24,27)/b13-10+. The van der Waals surface area contributed by atoms with Crippen molar-refractivity contribution in [1.82, 2.24) is 9.55 Å². The third-order valence-electron chi connectivity index (χ3n) is 4.68. The third kappa shape index (κ3) is 3.97. The molecular weight excluding hydrogens is 341 g/mol. The van der Waals surface area contributed by atoms with Gasteiger partial charge in [-0.05, 0) is 37.1 Å². The molecule has 0 bridgehead atoms. The van der Waals surface area contributed by atoms with E-state index in [1.165, 1.54) is 31.1 Å². The number of nitrogens with one attached hydrogen (secondary N) is 1. The number of nitrogens with zero attached hydrogens (tertiary/aromatic N) is 2. The molecule has 1 aliphatic rings. The van der Waals surface area contributed by atoms with Gasteiger partial charge in [-0.1, -0.05) is 30.3 Å². The molecule has 0 saturated carbocycles. The molecule has 4 rings (SSSR count). The second-order valence-corrected chi connectivity index (χ2v) is 6.61. The molecule has 1 aliphatic heterocycles. The maximum Gasteiger partial charge on any atom is 0.248 e. The van der Waals surface area contributed by atoms with Crippen molar-refractivity contribution in [2.24, 2.45) is 0 Å². The first-order valence-corrected chi connectivity index (χ1v) is 9.09. The van der Waals surface area contributed by atoms with Gasteiger partial charge in [0, 0.05) is 42.1 Å². The van der Waals surface area contributed by atoms with Gasteiger partial charge in [0.2, 0.25) is 5.91 Å². The van der Waals surface area contributed by atoms with Gasteiger partial charge in [-0.3, -0.25) is 4.79 Å². The summed E-state index contributed by atoms with van der Waals surface area (Å²) in [5, 5.41) is 2.79. The number of carbonyl (C=O) groups excluding carboxylic acids is 1. The van der Waals surface area contributed by atoms with Crippen LogP contribution in [0.1, 0.15) is 24.2 Å². The highest BCUT2D eigenvalue weighted by Crippen LogP contribution is 2.24. The number of rotatable bonds is 4. The fourth-order valence-corrected chi connectivity index (χ4v) is 3.24. The molecule has 27 heavy (non-hydrogen) atoms. The quantitative estimate of drug-likeness (QED) is 0.686. The second kappa shape index (κ2) is 7.58. The Morgan fingerprint density at radius 1 is 1.11 bits per heavy atom. The van der Waals surface area contributed by atoms with E-state index < -0.39 is 0 Å². The van der Waals surface area contributed by atoms with Crippen LogP contribution in [0.15, 0.2) is 60.8 Å². The summed E-state index contributed by atoms with van der Waals surface area (Å²) >= 11 is 0. The van der Waals surface area contributed by atoms with E-state index in [2.05, 4.69) is 16.1 Å². The molecule has 136 valence electrons. The minimum atomic E-state index is -0.353. The van der Waals surface area contributed by atoms with Crippen LogP contribution in [0.5, 0.6) is 0 Å². The number of hydrogen-bond acceptors (Lipinski definition) is 2. The van der Waals surface area contributed by atoms with Crippen molar-refractivity contribution < 1.29 is 9.18 Å². The molecule has 4 nitrogen and oxygen atoms in total. The van der Waals surface area contributed by atoms with Gasteiger partial charge in [0.15, 0.2) is 0 Å². The average Bonchev–Trinajstić information content (AvgIpc) is 3.12. The fraction of sp³-hybridized carbons (Fsp3) is 0.182. The molecule has 1 amide bonds. The molecule has 1 N–H and O–H groups in total. The Hall–Kier alpha value is -3.21. The van der Waals surface area contributed by atoms with Gasteiger partial charge < -0.3 is 9.88 Å². The van der Waals surface area contributed by atoms with Gasteiger partial charge in [-0.25, -0.2) is 9.37 Å². The molecule has 0 atom stereocenters. The van der Waals surface area contributed by atoms with E-state index in [1.54, 1.807) is 18.2 Å². The summed E-state index contributed by atoms with van der Waals surface area (Å²) in [5.41, 5.74) is 3.05. The van der Waals surface area contributed by atoms with Crippen LogP contribution in [0.3, 0.4) is 0 Å². The highest BCUT2D eigenvalue weighted by Gasteiger charge is 2.13. The largest absolute Gasteiger partial charge is 0.334 e. The molecule has 3 aromatic rings. The van der Waals surface area contributed by atoms with Crippen molar-refractivity contribution >= 4 is 17.7 Å². The lowest BCUT2D eigenvalue weighted by Gasteiger charge is -2.11. The summed E-state index contributed by atoms with van der Waals surface area (Å²) < 4.78 is 15.8. The SMILES string of the molecule is O=C(/C=C/c1ccccc1F)Nc1ccc(-c2cn3c(n2)CCCC3)cc1. The first-order chi connectivity index (χ1) is 13.2. The van der Waals surface area contributed by atoms with Crippen molar-refractivity contribution in [2.45, 2.75) is 25.8 Å². The summed E-state index contributed by atoms with van der Waals surface area (Å²) in [6.07, 6.45) is 8.32. The summed E-state index contributed by atoms with van der Waals surface area (Å²) in [4.78, 5) is 16.8. The number of hydrogen-bond donors (Lipinski definition) is 1. The van der Waals surface area contributed by atoms with E-state index in [1.807, 2.05) is 24.3 Å². The van der Waals surface area contributed by atoms with Crippen molar-refractivity contribution in [3.05, 3.63) is 78.0 Å². The molecular formula is C22H20FN3O. The number of carbonyl (C=O) groups is 1.